The Bertz CT molecular complexity index is 1140. The number of amides is 3. The van der Waals surface area contributed by atoms with Crippen molar-refractivity contribution in [3.63, 3.8) is 0 Å². The molecular formula is C24H24N2O6S. The number of aromatic carboxylic acids is 1. The first-order chi connectivity index (χ1) is 15.8. The van der Waals surface area contributed by atoms with Crippen LogP contribution in [-0.2, 0) is 9.59 Å². The van der Waals surface area contributed by atoms with E-state index >= 15 is 0 Å². The second kappa shape index (κ2) is 9.66. The Morgan fingerprint density at radius 3 is 2.52 bits per heavy atom. The minimum atomic E-state index is -1.02. The quantitative estimate of drug-likeness (QED) is 0.648. The van der Waals surface area contributed by atoms with Crippen LogP contribution >= 0.6 is 11.8 Å². The van der Waals surface area contributed by atoms with E-state index in [-0.39, 0.29) is 22.9 Å². The van der Waals surface area contributed by atoms with Gasteiger partial charge in [-0.3, -0.25) is 19.3 Å². The Morgan fingerprint density at radius 2 is 1.82 bits per heavy atom. The molecule has 172 valence electrons. The van der Waals surface area contributed by atoms with E-state index in [1.54, 1.807) is 36.1 Å². The van der Waals surface area contributed by atoms with Crippen molar-refractivity contribution in [2.45, 2.75) is 32.6 Å². The standard InChI is InChI=1S/C24H24N2O6S/c1-15-17(7-6-8-18(15)23(29)30)19-10-9-16(32-19)13-20-22(28)26(24(31)33-20)14-21(27)25-11-4-2-3-5-12-25/h6-10,13H,2-5,11-12,14H2,1H3,(H,29,30). The number of carbonyl (C=O) groups excluding carboxylic acids is 3. The van der Waals surface area contributed by atoms with Gasteiger partial charge in [0.25, 0.3) is 11.1 Å². The van der Waals surface area contributed by atoms with Gasteiger partial charge in [-0.15, -0.1) is 0 Å². The predicted molar refractivity (Wildman–Crippen MR) is 124 cm³/mol. The molecule has 4 rings (SSSR count). The van der Waals surface area contributed by atoms with E-state index in [1.165, 1.54) is 12.1 Å². The molecule has 3 amide bonds. The van der Waals surface area contributed by atoms with Gasteiger partial charge in [0.15, 0.2) is 0 Å². The van der Waals surface area contributed by atoms with Crippen molar-refractivity contribution in [3.05, 3.63) is 52.1 Å². The number of thioether (sulfide) groups is 1. The van der Waals surface area contributed by atoms with E-state index in [0.717, 1.165) is 42.3 Å². The van der Waals surface area contributed by atoms with Crippen molar-refractivity contribution in [2.75, 3.05) is 19.6 Å². The van der Waals surface area contributed by atoms with Crippen LogP contribution in [0.4, 0.5) is 4.79 Å². The molecule has 9 heteroatoms. The van der Waals surface area contributed by atoms with Crippen molar-refractivity contribution in [2.24, 2.45) is 0 Å². The molecule has 0 saturated carbocycles. The molecule has 0 radical (unpaired) electrons. The lowest BCUT2D eigenvalue weighted by Gasteiger charge is -2.22. The third kappa shape index (κ3) is 4.88. The highest BCUT2D eigenvalue weighted by Gasteiger charge is 2.37. The van der Waals surface area contributed by atoms with Gasteiger partial charge in [-0.25, -0.2) is 4.79 Å². The molecular weight excluding hydrogens is 444 g/mol. The van der Waals surface area contributed by atoms with Crippen LogP contribution in [0.3, 0.4) is 0 Å². The summed E-state index contributed by atoms with van der Waals surface area (Å²) in [5.41, 5.74) is 1.38. The van der Waals surface area contributed by atoms with Crippen LogP contribution in [0.15, 0.2) is 39.7 Å². The number of hydrogen-bond donors (Lipinski definition) is 1. The molecule has 1 aromatic carbocycles. The summed E-state index contributed by atoms with van der Waals surface area (Å²) in [6, 6.07) is 8.26. The molecule has 2 aliphatic rings. The number of benzene rings is 1. The molecule has 2 aromatic rings. The van der Waals surface area contributed by atoms with E-state index in [1.807, 2.05) is 0 Å². The molecule has 0 atom stereocenters. The number of furan rings is 1. The van der Waals surface area contributed by atoms with E-state index in [2.05, 4.69) is 0 Å². The lowest BCUT2D eigenvalue weighted by atomic mass is 10.0. The molecule has 0 aliphatic carbocycles. The lowest BCUT2D eigenvalue weighted by molar-refractivity contribution is -0.135. The molecule has 2 saturated heterocycles. The van der Waals surface area contributed by atoms with Crippen molar-refractivity contribution >= 4 is 40.9 Å². The first-order valence-corrected chi connectivity index (χ1v) is 11.6. The summed E-state index contributed by atoms with van der Waals surface area (Å²) in [5.74, 6) is -0.943. The first kappa shape index (κ1) is 22.8. The molecule has 0 bridgehead atoms. The minimum Gasteiger partial charge on any atom is -0.478 e. The number of nitrogens with zero attached hydrogens (tertiary/aromatic N) is 2. The summed E-state index contributed by atoms with van der Waals surface area (Å²) >= 11 is 0.774. The summed E-state index contributed by atoms with van der Waals surface area (Å²) in [6.45, 7) is 2.76. The van der Waals surface area contributed by atoms with Crippen LogP contribution < -0.4 is 0 Å². The van der Waals surface area contributed by atoms with Gasteiger partial charge in [-0.05, 0) is 55.3 Å². The fourth-order valence-corrected chi connectivity index (χ4v) is 4.85. The third-order valence-electron chi connectivity index (χ3n) is 5.86. The zero-order valence-corrected chi connectivity index (χ0v) is 19.0. The van der Waals surface area contributed by atoms with Crippen LogP contribution in [-0.4, -0.2) is 57.6 Å². The van der Waals surface area contributed by atoms with E-state index in [4.69, 9.17) is 4.42 Å². The number of rotatable bonds is 5. The highest BCUT2D eigenvalue weighted by atomic mass is 32.2. The molecule has 1 N–H and O–H groups in total. The fraction of sp³-hybridized carbons (Fsp3) is 0.333. The van der Waals surface area contributed by atoms with Crippen molar-refractivity contribution in [1.29, 1.82) is 0 Å². The Hall–Kier alpha value is -3.33. The zero-order chi connectivity index (χ0) is 23.5. The summed E-state index contributed by atoms with van der Waals surface area (Å²) in [6.07, 6.45) is 5.51. The smallest absolute Gasteiger partial charge is 0.335 e. The minimum absolute atomic E-state index is 0.181. The first-order valence-electron chi connectivity index (χ1n) is 10.8. The van der Waals surface area contributed by atoms with Crippen LogP contribution in [0, 0.1) is 6.92 Å². The molecule has 2 aliphatic heterocycles. The number of carbonyl (C=O) groups is 4. The molecule has 33 heavy (non-hydrogen) atoms. The normalized spacial score (nSPS) is 18.2. The maximum atomic E-state index is 12.8. The van der Waals surface area contributed by atoms with Crippen LogP contribution in [0.25, 0.3) is 17.4 Å². The summed E-state index contributed by atoms with van der Waals surface area (Å²) in [5, 5.41) is 8.85. The molecule has 1 aromatic heterocycles. The molecule has 0 spiro atoms. The van der Waals surface area contributed by atoms with Gasteiger partial charge in [0.2, 0.25) is 5.91 Å². The van der Waals surface area contributed by atoms with Gasteiger partial charge in [-0.2, -0.15) is 0 Å². The lowest BCUT2D eigenvalue weighted by Crippen LogP contribution is -2.42. The summed E-state index contributed by atoms with van der Waals surface area (Å²) in [7, 11) is 0. The highest BCUT2D eigenvalue weighted by molar-refractivity contribution is 8.18. The summed E-state index contributed by atoms with van der Waals surface area (Å²) < 4.78 is 5.82. The summed E-state index contributed by atoms with van der Waals surface area (Å²) in [4.78, 5) is 52.1. The van der Waals surface area contributed by atoms with Crippen molar-refractivity contribution in [3.8, 4) is 11.3 Å². The van der Waals surface area contributed by atoms with Crippen molar-refractivity contribution in [1.82, 2.24) is 9.80 Å². The number of carboxylic acid groups (broad SMARTS) is 1. The fourth-order valence-electron chi connectivity index (χ4n) is 4.03. The van der Waals surface area contributed by atoms with E-state index in [9.17, 15) is 24.3 Å². The number of hydrogen-bond acceptors (Lipinski definition) is 6. The van der Waals surface area contributed by atoms with Gasteiger partial charge in [-0.1, -0.05) is 25.0 Å². The Kier molecular flexibility index (Phi) is 6.69. The number of carboxylic acids is 1. The second-order valence-electron chi connectivity index (χ2n) is 8.05. The average molecular weight is 469 g/mol. The Labute approximate surface area is 195 Å². The van der Waals surface area contributed by atoms with Gasteiger partial charge in [0.1, 0.15) is 18.1 Å². The highest BCUT2D eigenvalue weighted by Crippen LogP contribution is 2.34. The van der Waals surface area contributed by atoms with E-state index in [0.29, 0.717) is 35.7 Å². The number of imide groups is 1. The van der Waals surface area contributed by atoms with Gasteiger partial charge in [0.05, 0.1) is 10.5 Å². The van der Waals surface area contributed by atoms with Gasteiger partial charge < -0.3 is 14.4 Å². The largest absolute Gasteiger partial charge is 0.478 e. The second-order valence-corrected chi connectivity index (χ2v) is 9.04. The molecule has 8 nitrogen and oxygen atoms in total. The van der Waals surface area contributed by atoms with E-state index < -0.39 is 17.1 Å². The maximum absolute atomic E-state index is 12.8. The Morgan fingerprint density at radius 1 is 1.09 bits per heavy atom. The van der Waals surface area contributed by atoms with Crippen molar-refractivity contribution < 1.29 is 28.7 Å². The zero-order valence-electron chi connectivity index (χ0n) is 18.2. The SMILES string of the molecule is Cc1c(C(=O)O)cccc1-c1ccc(C=C2SC(=O)N(CC(=O)N3CCCCCC3)C2=O)o1. The average Bonchev–Trinajstić information content (AvgIpc) is 3.21. The van der Waals surface area contributed by atoms with Gasteiger partial charge in [0, 0.05) is 24.7 Å². The molecule has 2 fully saturated rings. The predicted octanol–water partition coefficient (Wildman–Crippen LogP) is 4.39. The van der Waals surface area contributed by atoms with Crippen LogP contribution in [0.5, 0.6) is 0 Å². The monoisotopic (exact) mass is 468 g/mol. The third-order valence-corrected chi connectivity index (χ3v) is 6.76. The topological polar surface area (TPSA) is 108 Å². The molecule has 0 unspecified atom stereocenters. The Balaban J connectivity index is 1.49. The van der Waals surface area contributed by atoms with Crippen LogP contribution in [0.2, 0.25) is 0 Å². The maximum Gasteiger partial charge on any atom is 0.335 e. The van der Waals surface area contributed by atoms with Crippen LogP contribution in [0.1, 0.15) is 47.4 Å². The van der Waals surface area contributed by atoms with Gasteiger partial charge >= 0.3 is 5.97 Å². The number of likely N-dealkylation sites (tertiary alicyclic amines) is 1. The molecule has 3 heterocycles.